The Labute approximate surface area is 122 Å². The molecule has 4 nitrogen and oxygen atoms in total. The topological polar surface area (TPSA) is 55.9 Å². The molecule has 0 bridgehead atoms. The molecular weight excluding hydrogens is 268 g/mol. The summed E-state index contributed by atoms with van der Waals surface area (Å²) in [5, 5.41) is 10.1. The number of nitrogens with zero attached hydrogens (tertiary/aromatic N) is 2. The van der Waals surface area contributed by atoms with Crippen LogP contribution in [0.3, 0.4) is 0 Å². The third-order valence-corrected chi connectivity index (χ3v) is 4.58. The molecule has 1 unspecified atom stereocenters. The molecule has 2 heterocycles. The standard InChI is InChI=1S/C15H18N4S/c1-10-8-20-9-12(10)13(17-16)7-14-11-5-3-4-6-15(11)19(2)18-14/h3-6,8-9,13,17H,7,16H2,1-2H3. The Balaban J connectivity index is 1.98. The molecule has 2 aromatic heterocycles. The van der Waals surface area contributed by atoms with Gasteiger partial charge in [0.15, 0.2) is 0 Å². The van der Waals surface area contributed by atoms with Crippen molar-refractivity contribution in [1.29, 1.82) is 0 Å². The number of thiophene rings is 1. The third kappa shape index (κ3) is 2.24. The summed E-state index contributed by atoms with van der Waals surface area (Å²) in [6, 6.07) is 8.39. The quantitative estimate of drug-likeness (QED) is 0.573. The first kappa shape index (κ1) is 13.3. The zero-order valence-corrected chi connectivity index (χ0v) is 12.4. The fraction of sp³-hybridized carbons (Fsp3) is 0.267. The highest BCUT2D eigenvalue weighted by molar-refractivity contribution is 7.08. The molecule has 1 aromatic carbocycles. The second-order valence-corrected chi connectivity index (χ2v) is 5.76. The Morgan fingerprint density at radius 3 is 2.85 bits per heavy atom. The van der Waals surface area contributed by atoms with Gasteiger partial charge < -0.3 is 0 Å². The Kier molecular flexibility index (Phi) is 3.56. The van der Waals surface area contributed by atoms with Gasteiger partial charge in [-0.3, -0.25) is 16.0 Å². The van der Waals surface area contributed by atoms with E-state index in [2.05, 4.69) is 40.3 Å². The summed E-state index contributed by atoms with van der Waals surface area (Å²) >= 11 is 1.71. The van der Waals surface area contributed by atoms with Crippen LogP contribution in [0.4, 0.5) is 0 Å². The van der Waals surface area contributed by atoms with Crippen molar-refractivity contribution in [3.05, 3.63) is 51.8 Å². The molecule has 1 atom stereocenters. The molecule has 3 N–H and O–H groups in total. The zero-order valence-electron chi connectivity index (χ0n) is 11.6. The first-order valence-electron chi connectivity index (χ1n) is 6.60. The summed E-state index contributed by atoms with van der Waals surface area (Å²) in [7, 11) is 1.98. The number of benzene rings is 1. The van der Waals surface area contributed by atoms with Crippen LogP contribution in [-0.4, -0.2) is 9.78 Å². The molecule has 0 saturated heterocycles. The second-order valence-electron chi connectivity index (χ2n) is 5.02. The van der Waals surface area contributed by atoms with E-state index in [1.807, 2.05) is 23.9 Å². The molecule has 5 heteroatoms. The Bertz CT molecular complexity index is 728. The molecule has 0 aliphatic rings. The lowest BCUT2D eigenvalue weighted by atomic mass is 10.0. The second kappa shape index (κ2) is 5.36. The maximum atomic E-state index is 5.75. The summed E-state index contributed by atoms with van der Waals surface area (Å²) in [5.41, 5.74) is 7.69. The van der Waals surface area contributed by atoms with E-state index in [1.54, 1.807) is 11.3 Å². The highest BCUT2D eigenvalue weighted by Crippen LogP contribution is 2.27. The number of nitrogens with one attached hydrogen (secondary N) is 1. The average Bonchev–Trinajstić information content (AvgIpc) is 3.01. The van der Waals surface area contributed by atoms with Crippen molar-refractivity contribution < 1.29 is 0 Å². The maximum absolute atomic E-state index is 5.75. The number of fused-ring (bicyclic) bond motifs is 1. The molecule has 0 amide bonds. The summed E-state index contributed by atoms with van der Waals surface area (Å²) in [6.07, 6.45) is 0.787. The molecule has 3 rings (SSSR count). The molecule has 20 heavy (non-hydrogen) atoms. The fourth-order valence-electron chi connectivity index (χ4n) is 2.62. The molecule has 0 spiro atoms. The number of para-hydroxylation sites is 1. The summed E-state index contributed by atoms with van der Waals surface area (Å²) < 4.78 is 1.93. The molecule has 0 aliphatic heterocycles. The van der Waals surface area contributed by atoms with Gasteiger partial charge in [-0.1, -0.05) is 18.2 Å². The molecule has 0 fully saturated rings. The number of nitrogens with two attached hydrogens (primary N) is 1. The van der Waals surface area contributed by atoms with E-state index >= 15 is 0 Å². The molecule has 0 aliphatic carbocycles. The zero-order chi connectivity index (χ0) is 14.1. The molecular formula is C15H18N4S. The van der Waals surface area contributed by atoms with Crippen LogP contribution < -0.4 is 11.3 Å². The lowest BCUT2D eigenvalue weighted by molar-refractivity contribution is 0.542. The van der Waals surface area contributed by atoms with Gasteiger partial charge in [0.2, 0.25) is 0 Å². The highest BCUT2D eigenvalue weighted by Gasteiger charge is 2.17. The van der Waals surface area contributed by atoms with Gasteiger partial charge in [-0.25, -0.2) is 0 Å². The first-order valence-corrected chi connectivity index (χ1v) is 7.54. The van der Waals surface area contributed by atoms with Gasteiger partial charge in [-0.15, -0.1) is 0 Å². The van der Waals surface area contributed by atoms with Crippen LogP contribution in [-0.2, 0) is 13.5 Å². The van der Waals surface area contributed by atoms with Crippen LogP contribution in [0, 0.1) is 6.92 Å². The van der Waals surface area contributed by atoms with Crippen molar-refractivity contribution in [2.75, 3.05) is 0 Å². The number of rotatable bonds is 4. The van der Waals surface area contributed by atoms with Crippen LogP contribution in [0.2, 0.25) is 0 Å². The van der Waals surface area contributed by atoms with E-state index in [9.17, 15) is 0 Å². The summed E-state index contributed by atoms with van der Waals surface area (Å²) in [4.78, 5) is 0. The Hall–Kier alpha value is -1.69. The SMILES string of the molecule is Cc1cscc1C(Cc1nn(C)c2ccccc12)NN. The molecule has 0 saturated carbocycles. The lowest BCUT2D eigenvalue weighted by Gasteiger charge is -2.15. The molecule has 0 radical (unpaired) electrons. The Morgan fingerprint density at radius 2 is 2.15 bits per heavy atom. The van der Waals surface area contributed by atoms with E-state index in [0.29, 0.717) is 0 Å². The summed E-state index contributed by atoms with van der Waals surface area (Å²) in [5.74, 6) is 5.75. The minimum Gasteiger partial charge on any atom is -0.271 e. The van der Waals surface area contributed by atoms with Gasteiger partial charge in [0.05, 0.1) is 17.3 Å². The Morgan fingerprint density at radius 1 is 1.35 bits per heavy atom. The van der Waals surface area contributed by atoms with Gasteiger partial charge in [-0.2, -0.15) is 16.4 Å². The number of aryl methyl sites for hydroxylation is 2. The van der Waals surface area contributed by atoms with Crippen LogP contribution in [0.25, 0.3) is 10.9 Å². The number of hydrogen-bond acceptors (Lipinski definition) is 4. The van der Waals surface area contributed by atoms with Crippen molar-refractivity contribution in [3.8, 4) is 0 Å². The smallest absolute Gasteiger partial charge is 0.0722 e. The van der Waals surface area contributed by atoms with E-state index in [1.165, 1.54) is 16.5 Å². The predicted octanol–water partition coefficient (Wildman–Crippen LogP) is 2.69. The average molecular weight is 286 g/mol. The number of hydrazine groups is 1. The van der Waals surface area contributed by atoms with E-state index in [0.717, 1.165) is 17.6 Å². The van der Waals surface area contributed by atoms with Crippen LogP contribution >= 0.6 is 11.3 Å². The van der Waals surface area contributed by atoms with E-state index in [-0.39, 0.29) is 6.04 Å². The van der Waals surface area contributed by atoms with Crippen molar-refractivity contribution in [1.82, 2.24) is 15.2 Å². The predicted molar refractivity (Wildman–Crippen MR) is 83.5 cm³/mol. The van der Waals surface area contributed by atoms with E-state index in [4.69, 9.17) is 5.84 Å². The minimum atomic E-state index is 0.0968. The van der Waals surface area contributed by atoms with Crippen LogP contribution in [0.15, 0.2) is 35.0 Å². The van der Waals surface area contributed by atoms with Crippen LogP contribution in [0.1, 0.15) is 22.9 Å². The van der Waals surface area contributed by atoms with Gasteiger partial charge >= 0.3 is 0 Å². The maximum Gasteiger partial charge on any atom is 0.0722 e. The van der Waals surface area contributed by atoms with Gasteiger partial charge in [0.1, 0.15) is 0 Å². The summed E-state index contributed by atoms with van der Waals surface area (Å²) in [6.45, 7) is 2.12. The monoisotopic (exact) mass is 286 g/mol. The van der Waals surface area contributed by atoms with Crippen molar-refractivity contribution in [3.63, 3.8) is 0 Å². The third-order valence-electron chi connectivity index (χ3n) is 3.70. The number of hydrogen-bond donors (Lipinski definition) is 2. The normalized spacial score (nSPS) is 12.9. The van der Waals surface area contributed by atoms with Gasteiger partial charge in [0.25, 0.3) is 0 Å². The first-order chi connectivity index (χ1) is 9.70. The highest BCUT2D eigenvalue weighted by atomic mass is 32.1. The molecule has 104 valence electrons. The van der Waals surface area contributed by atoms with Crippen molar-refractivity contribution in [2.24, 2.45) is 12.9 Å². The largest absolute Gasteiger partial charge is 0.271 e. The minimum absolute atomic E-state index is 0.0968. The number of aromatic nitrogens is 2. The fourth-order valence-corrected chi connectivity index (χ4v) is 3.52. The van der Waals surface area contributed by atoms with E-state index < -0.39 is 0 Å². The molecule has 3 aromatic rings. The van der Waals surface area contributed by atoms with Gasteiger partial charge in [0, 0.05) is 18.9 Å². The van der Waals surface area contributed by atoms with Crippen molar-refractivity contribution in [2.45, 2.75) is 19.4 Å². The van der Waals surface area contributed by atoms with Gasteiger partial charge in [-0.05, 0) is 34.9 Å². The lowest BCUT2D eigenvalue weighted by Crippen LogP contribution is -2.29. The van der Waals surface area contributed by atoms with Crippen molar-refractivity contribution >= 4 is 22.2 Å². The van der Waals surface area contributed by atoms with Crippen LogP contribution in [0.5, 0.6) is 0 Å².